The van der Waals surface area contributed by atoms with Crippen LogP contribution >= 0.6 is 22.9 Å². The fraction of sp³-hybridized carbons (Fsp3) is 0.562. The van der Waals surface area contributed by atoms with E-state index in [4.69, 9.17) is 11.6 Å². The first-order chi connectivity index (χ1) is 9.76. The molecule has 1 aromatic heterocycles. The molecule has 4 heteroatoms. The quantitative estimate of drug-likeness (QED) is 0.797. The lowest BCUT2D eigenvalue weighted by molar-refractivity contribution is 0.278. The lowest BCUT2D eigenvalue weighted by Crippen LogP contribution is -2.20. The summed E-state index contributed by atoms with van der Waals surface area (Å²) >= 11 is 7.86. The molecule has 2 nitrogen and oxygen atoms in total. The Kier molecular flexibility index (Phi) is 4.47. The number of thiazole rings is 1. The number of rotatable bonds is 4. The SMILES string of the molecule is CCC1CCC(CNc2nc3cccc(Cl)c3s2)CC1. The van der Waals surface area contributed by atoms with Crippen molar-refractivity contribution in [3.8, 4) is 0 Å². The highest BCUT2D eigenvalue weighted by atomic mass is 35.5. The smallest absolute Gasteiger partial charge is 0.183 e. The topological polar surface area (TPSA) is 24.9 Å². The summed E-state index contributed by atoms with van der Waals surface area (Å²) in [5, 5.41) is 5.32. The van der Waals surface area contributed by atoms with E-state index in [1.165, 1.54) is 32.1 Å². The number of fused-ring (bicyclic) bond motifs is 1. The minimum atomic E-state index is 0.802. The molecule has 0 unspecified atom stereocenters. The van der Waals surface area contributed by atoms with Crippen LogP contribution in [-0.2, 0) is 0 Å². The summed E-state index contributed by atoms with van der Waals surface area (Å²) < 4.78 is 1.09. The van der Waals surface area contributed by atoms with Crippen molar-refractivity contribution in [1.82, 2.24) is 4.98 Å². The fourth-order valence-corrected chi connectivity index (χ4v) is 4.23. The van der Waals surface area contributed by atoms with E-state index in [9.17, 15) is 0 Å². The molecule has 1 fully saturated rings. The molecule has 0 spiro atoms. The number of hydrogen-bond donors (Lipinski definition) is 1. The van der Waals surface area contributed by atoms with Crippen LogP contribution in [0.25, 0.3) is 10.2 Å². The predicted molar refractivity (Wildman–Crippen MR) is 88.9 cm³/mol. The molecule has 1 N–H and O–H groups in total. The van der Waals surface area contributed by atoms with Gasteiger partial charge in [-0.05, 0) is 36.8 Å². The van der Waals surface area contributed by atoms with E-state index in [1.807, 2.05) is 18.2 Å². The number of nitrogens with zero attached hydrogens (tertiary/aromatic N) is 1. The van der Waals surface area contributed by atoms with Crippen LogP contribution in [0.1, 0.15) is 39.0 Å². The third-order valence-corrected chi connectivity index (χ3v) is 5.94. The molecule has 1 aliphatic rings. The zero-order valence-corrected chi connectivity index (χ0v) is 13.4. The molecular weight excluding hydrogens is 288 g/mol. The number of benzene rings is 1. The third-order valence-electron chi connectivity index (χ3n) is 4.45. The van der Waals surface area contributed by atoms with Gasteiger partial charge in [0, 0.05) is 6.54 Å². The zero-order valence-electron chi connectivity index (χ0n) is 11.9. The molecule has 3 rings (SSSR count). The highest BCUT2D eigenvalue weighted by Gasteiger charge is 2.20. The summed E-state index contributed by atoms with van der Waals surface area (Å²) in [6.07, 6.45) is 6.86. The average Bonchev–Trinajstić information content (AvgIpc) is 2.90. The maximum atomic E-state index is 6.19. The summed E-state index contributed by atoms with van der Waals surface area (Å²) in [7, 11) is 0. The van der Waals surface area contributed by atoms with Gasteiger partial charge >= 0.3 is 0 Å². The average molecular weight is 309 g/mol. The van der Waals surface area contributed by atoms with E-state index in [-0.39, 0.29) is 0 Å². The van der Waals surface area contributed by atoms with Crippen LogP contribution in [0.15, 0.2) is 18.2 Å². The van der Waals surface area contributed by atoms with Gasteiger partial charge in [0.05, 0.1) is 15.2 Å². The van der Waals surface area contributed by atoms with Gasteiger partial charge in [0.25, 0.3) is 0 Å². The van der Waals surface area contributed by atoms with Gasteiger partial charge in [0.1, 0.15) is 0 Å². The van der Waals surface area contributed by atoms with Gasteiger partial charge in [-0.3, -0.25) is 0 Å². The van der Waals surface area contributed by atoms with E-state index < -0.39 is 0 Å². The zero-order chi connectivity index (χ0) is 13.9. The molecule has 0 saturated heterocycles. The molecule has 20 heavy (non-hydrogen) atoms. The normalized spacial score (nSPS) is 23.1. The highest BCUT2D eigenvalue weighted by molar-refractivity contribution is 7.22. The molecule has 1 aromatic carbocycles. The summed E-state index contributed by atoms with van der Waals surface area (Å²) in [4.78, 5) is 4.61. The maximum absolute atomic E-state index is 6.19. The Morgan fingerprint density at radius 2 is 2.00 bits per heavy atom. The van der Waals surface area contributed by atoms with Crippen molar-refractivity contribution in [2.45, 2.75) is 39.0 Å². The Hall–Kier alpha value is -0.800. The summed E-state index contributed by atoms with van der Waals surface area (Å²) in [6, 6.07) is 5.91. The molecule has 2 aromatic rings. The first-order valence-electron chi connectivity index (χ1n) is 7.55. The maximum Gasteiger partial charge on any atom is 0.183 e. The largest absolute Gasteiger partial charge is 0.361 e. The van der Waals surface area contributed by atoms with Crippen LogP contribution in [0.5, 0.6) is 0 Å². The van der Waals surface area contributed by atoms with Gasteiger partial charge < -0.3 is 5.32 Å². The van der Waals surface area contributed by atoms with Crippen LogP contribution in [0.3, 0.4) is 0 Å². The molecule has 0 radical (unpaired) electrons. The van der Waals surface area contributed by atoms with Crippen molar-refractivity contribution >= 4 is 38.3 Å². The second-order valence-corrected chi connectivity index (χ2v) is 7.19. The van der Waals surface area contributed by atoms with E-state index >= 15 is 0 Å². The Bertz CT molecular complexity index is 573. The highest BCUT2D eigenvalue weighted by Crippen LogP contribution is 2.33. The fourth-order valence-electron chi connectivity index (χ4n) is 3.07. The first kappa shape index (κ1) is 14.2. The minimum Gasteiger partial charge on any atom is -0.361 e. The monoisotopic (exact) mass is 308 g/mol. The van der Waals surface area contributed by atoms with Gasteiger partial charge in [-0.2, -0.15) is 0 Å². The second-order valence-electron chi connectivity index (χ2n) is 5.78. The van der Waals surface area contributed by atoms with Gasteiger partial charge in [0.15, 0.2) is 5.13 Å². The molecule has 1 heterocycles. The summed E-state index contributed by atoms with van der Waals surface area (Å²) in [6.45, 7) is 3.36. The molecule has 0 amide bonds. The van der Waals surface area contributed by atoms with Crippen molar-refractivity contribution in [2.75, 3.05) is 11.9 Å². The molecule has 108 valence electrons. The predicted octanol–water partition coefficient (Wildman–Crippen LogP) is 5.58. The number of nitrogens with one attached hydrogen (secondary N) is 1. The van der Waals surface area contributed by atoms with Crippen molar-refractivity contribution in [2.24, 2.45) is 11.8 Å². The Morgan fingerprint density at radius 3 is 2.70 bits per heavy atom. The minimum absolute atomic E-state index is 0.802. The molecule has 1 aliphatic carbocycles. The van der Waals surface area contributed by atoms with E-state index in [1.54, 1.807) is 11.3 Å². The van der Waals surface area contributed by atoms with Gasteiger partial charge in [-0.1, -0.05) is 55.2 Å². The van der Waals surface area contributed by atoms with Crippen LogP contribution in [0.4, 0.5) is 5.13 Å². The molecule has 0 atom stereocenters. The second kappa shape index (κ2) is 6.31. The van der Waals surface area contributed by atoms with E-state index in [2.05, 4.69) is 17.2 Å². The Balaban J connectivity index is 1.59. The van der Waals surface area contributed by atoms with Crippen LogP contribution in [-0.4, -0.2) is 11.5 Å². The van der Waals surface area contributed by atoms with Gasteiger partial charge in [-0.25, -0.2) is 4.98 Å². The standard InChI is InChI=1S/C16H21ClN2S/c1-2-11-6-8-12(9-7-11)10-18-16-19-14-5-3-4-13(17)15(14)20-16/h3-5,11-12H,2,6-10H2,1H3,(H,18,19). The van der Waals surface area contributed by atoms with E-state index in [0.717, 1.165) is 38.8 Å². The van der Waals surface area contributed by atoms with Crippen molar-refractivity contribution < 1.29 is 0 Å². The Labute approximate surface area is 129 Å². The van der Waals surface area contributed by atoms with E-state index in [0.29, 0.717) is 0 Å². The Morgan fingerprint density at radius 1 is 1.25 bits per heavy atom. The lowest BCUT2D eigenvalue weighted by Gasteiger charge is -2.27. The van der Waals surface area contributed by atoms with Crippen molar-refractivity contribution in [3.63, 3.8) is 0 Å². The molecule has 1 saturated carbocycles. The molecular formula is C16H21ClN2S. The molecule has 0 aliphatic heterocycles. The number of hydrogen-bond acceptors (Lipinski definition) is 3. The third kappa shape index (κ3) is 3.09. The lowest BCUT2D eigenvalue weighted by atomic mass is 9.81. The van der Waals surface area contributed by atoms with Crippen LogP contribution < -0.4 is 5.32 Å². The summed E-state index contributed by atoms with van der Waals surface area (Å²) in [5.41, 5.74) is 1.000. The van der Waals surface area contributed by atoms with Gasteiger partial charge in [-0.15, -0.1) is 0 Å². The number of aromatic nitrogens is 1. The van der Waals surface area contributed by atoms with Crippen molar-refractivity contribution in [1.29, 1.82) is 0 Å². The molecule has 0 bridgehead atoms. The summed E-state index contributed by atoms with van der Waals surface area (Å²) in [5.74, 6) is 1.77. The first-order valence-corrected chi connectivity index (χ1v) is 8.74. The number of anilines is 1. The van der Waals surface area contributed by atoms with Crippen LogP contribution in [0, 0.1) is 11.8 Å². The number of halogens is 1. The van der Waals surface area contributed by atoms with Crippen molar-refractivity contribution in [3.05, 3.63) is 23.2 Å². The van der Waals surface area contributed by atoms with Crippen LogP contribution in [0.2, 0.25) is 5.02 Å². The van der Waals surface area contributed by atoms with Gasteiger partial charge in [0.2, 0.25) is 0 Å².